The molecule has 5 heteroatoms. The molecule has 0 radical (unpaired) electrons. The molecule has 1 aromatic rings. The van der Waals surface area contributed by atoms with Gasteiger partial charge in [-0.1, -0.05) is 19.1 Å². The van der Waals surface area contributed by atoms with E-state index in [4.69, 9.17) is 4.74 Å². The van der Waals surface area contributed by atoms with Gasteiger partial charge in [0.05, 0.1) is 18.1 Å². The summed E-state index contributed by atoms with van der Waals surface area (Å²) < 4.78 is 5.27. The van der Waals surface area contributed by atoms with Gasteiger partial charge in [-0.2, -0.15) is 0 Å². The van der Waals surface area contributed by atoms with E-state index in [9.17, 15) is 9.59 Å². The Balaban J connectivity index is 1.79. The second-order valence-electron chi connectivity index (χ2n) is 6.58. The molecule has 3 rings (SSSR count). The summed E-state index contributed by atoms with van der Waals surface area (Å²) in [5, 5.41) is 0. The number of aryl methyl sites for hydroxylation is 1. The molecule has 0 bridgehead atoms. The van der Waals surface area contributed by atoms with E-state index < -0.39 is 0 Å². The number of nitrogens with one attached hydrogen (secondary N) is 1. The van der Waals surface area contributed by atoms with E-state index in [-0.39, 0.29) is 35.5 Å². The second-order valence-corrected chi connectivity index (χ2v) is 6.58. The molecule has 5 nitrogen and oxygen atoms in total. The fourth-order valence-corrected chi connectivity index (χ4v) is 3.91. The maximum absolute atomic E-state index is 12.7. The van der Waals surface area contributed by atoms with Crippen LogP contribution in [0.2, 0.25) is 0 Å². The van der Waals surface area contributed by atoms with Crippen molar-refractivity contribution >= 4 is 11.9 Å². The number of ether oxygens (including phenoxy) is 1. The molecule has 0 aromatic carbocycles. The highest BCUT2D eigenvalue weighted by atomic mass is 16.5. The van der Waals surface area contributed by atoms with Gasteiger partial charge in [0.1, 0.15) is 0 Å². The van der Waals surface area contributed by atoms with Crippen LogP contribution in [0.5, 0.6) is 0 Å². The Kier molecular flexibility index (Phi) is 4.28. The highest BCUT2D eigenvalue weighted by molar-refractivity contribution is 5.95. The first-order valence-corrected chi connectivity index (χ1v) is 8.31. The quantitative estimate of drug-likeness (QED) is 0.688. The zero-order valence-corrected chi connectivity index (χ0v) is 13.9. The van der Waals surface area contributed by atoms with Gasteiger partial charge in [0.15, 0.2) is 0 Å². The first-order valence-electron chi connectivity index (χ1n) is 8.31. The minimum atomic E-state index is -0.157. The number of aromatic nitrogens is 1. The number of carbonyl (C=O) groups excluding carboxylic acids is 2. The van der Waals surface area contributed by atoms with Crippen molar-refractivity contribution in [3.63, 3.8) is 0 Å². The average Bonchev–Trinajstić information content (AvgIpc) is 3.12. The van der Waals surface area contributed by atoms with Crippen LogP contribution in [-0.4, -0.2) is 41.5 Å². The predicted molar refractivity (Wildman–Crippen MR) is 86.8 cm³/mol. The van der Waals surface area contributed by atoms with Crippen molar-refractivity contribution < 1.29 is 14.3 Å². The topological polar surface area (TPSA) is 62.4 Å². The number of H-pyrrole nitrogens is 1. The van der Waals surface area contributed by atoms with Crippen molar-refractivity contribution in [3.05, 3.63) is 35.7 Å². The summed E-state index contributed by atoms with van der Waals surface area (Å²) in [5.74, 6) is 0.295. The van der Waals surface area contributed by atoms with E-state index in [0.29, 0.717) is 25.3 Å². The third kappa shape index (κ3) is 2.80. The van der Waals surface area contributed by atoms with Gasteiger partial charge in [0.25, 0.3) is 5.91 Å². The molecular formula is C18H24N2O3. The van der Waals surface area contributed by atoms with Gasteiger partial charge in [0.2, 0.25) is 0 Å². The lowest BCUT2D eigenvalue weighted by Crippen LogP contribution is -2.37. The third-order valence-corrected chi connectivity index (χ3v) is 5.13. The molecule has 1 N–H and O–H groups in total. The number of esters is 1. The van der Waals surface area contributed by atoms with E-state index in [1.54, 1.807) is 6.20 Å². The lowest BCUT2D eigenvalue weighted by molar-refractivity contribution is -0.152. The van der Waals surface area contributed by atoms with Gasteiger partial charge in [-0.05, 0) is 37.7 Å². The maximum atomic E-state index is 12.7. The molecule has 23 heavy (non-hydrogen) atoms. The maximum Gasteiger partial charge on any atom is 0.309 e. The molecule has 0 saturated carbocycles. The number of rotatable bonds is 3. The average molecular weight is 316 g/mol. The zero-order valence-electron chi connectivity index (χ0n) is 13.9. The van der Waals surface area contributed by atoms with Gasteiger partial charge < -0.3 is 14.6 Å². The van der Waals surface area contributed by atoms with Crippen LogP contribution in [-0.2, 0) is 9.53 Å². The number of hydrogen-bond donors (Lipinski definition) is 1. The Hall–Kier alpha value is -2.04. The van der Waals surface area contributed by atoms with Crippen LogP contribution in [0, 0.1) is 30.6 Å². The zero-order chi connectivity index (χ0) is 16.6. The summed E-state index contributed by atoms with van der Waals surface area (Å²) in [5.41, 5.74) is 1.60. The SMILES string of the molecule is CCOC(=O)[C@@H]1[C@H]2CN(C(=O)c3cc[nH]c3C)C[C@@H]2C=C[C@@H]1C. The van der Waals surface area contributed by atoms with Crippen LogP contribution in [0.1, 0.15) is 29.9 Å². The van der Waals surface area contributed by atoms with E-state index in [1.807, 2.05) is 24.8 Å². The Labute approximate surface area is 136 Å². The fourth-order valence-electron chi connectivity index (χ4n) is 3.91. The number of hydrogen-bond acceptors (Lipinski definition) is 3. The van der Waals surface area contributed by atoms with Gasteiger partial charge >= 0.3 is 5.97 Å². The molecule has 1 aromatic heterocycles. The molecule has 1 saturated heterocycles. The molecular weight excluding hydrogens is 292 g/mol. The summed E-state index contributed by atoms with van der Waals surface area (Å²) in [4.78, 5) is 30.0. The number of allylic oxidation sites excluding steroid dienone is 1. The molecule has 4 atom stereocenters. The Morgan fingerprint density at radius 2 is 2.13 bits per heavy atom. The van der Waals surface area contributed by atoms with Crippen molar-refractivity contribution in [2.75, 3.05) is 19.7 Å². The van der Waals surface area contributed by atoms with Crippen LogP contribution in [0.4, 0.5) is 0 Å². The standard InChI is InChI=1S/C18H24N2O3/c1-4-23-18(22)16-11(2)5-6-13-9-20(10-15(13)16)17(21)14-7-8-19-12(14)3/h5-8,11,13,15-16,19H,4,9-10H2,1-3H3/t11-,13-,15-,16-/m0/s1. The largest absolute Gasteiger partial charge is 0.466 e. The lowest BCUT2D eigenvalue weighted by atomic mass is 9.72. The van der Waals surface area contributed by atoms with Crippen molar-refractivity contribution in [3.8, 4) is 0 Å². The smallest absolute Gasteiger partial charge is 0.309 e. The summed E-state index contributed by atoms with van der Waals surface area (Å²) in [7, 11) is 0. The monoisotopic (exact) mass is 316 g/mol. The predicted octanol–water partition coefficient (Wildman–Crippen LogP) is 2.40. The van der Waals surface area contributed by atoms with Crippen LogP contribution in [0.25, 0.3) is 0 Å². The molecule has 2 heterocycles. The van der Waals surface area contributed by atoms with Crippen molar-refractivity contribution in [1.82, 2.24) is 9.88 Å². The minimum absolute atomic E-state index is 0.0433. The normalized spacial score (nSPS) is 29.4. The Morgan fingerprint density at radius 1 is 1.35 bits per heavy atom. The van der Waals surface area contributed by atoms with E-state index in [1.165, 1.54) is 0 Å². The number of amides is 1. The minimum Gasteiger partial charge on any atom is -0.466 e. The summed E-state index contributed by atoms with van der Waals surface area (Å²) >= 11 is 0. The summed E-state index contributed by atoms with van der Waals surface area (Å²) in [6.45, 7) is 7.47. The highest BCUT2D eigenvalue weighted by Crippen LogP contribution is 2.40. The first kappa shape index (κ1) is 15.8. The van der Waals surface area contributed by atoms with Gasteiger partial charge in [-0.25, -0.2) is 0 Å². The third-order valence-electron chi connectivity index (χ3n) is 5.13. The molecule has 1 aliphatic carbocycles. The number of nitrogens with zero attached hydrogens (tertiary/aromatic N) is 1. The van der Waals surface area contributed by atoms with Crippen LogP contribution in [0.15, 0.2) is 24.4 Å². The molecule has 0 spiro atoms. The van der Waals surface area contributed by atoms with E-state index in [2.05, 4.69) is 24.1 Å². The second kappa shape index (κ2) is 6.22. The van der Waals surface area contributed by atoms with Gasteiger partial charge in [0, 0.05) is 25.0 Å². The summed E-state index contributed by atoms with van der Waals surface area (Å²) in [6.07, 6.45) is 6.05. The van der Waals surface area contributed by atoms with Gasteiger partial charge in [-0.15, -0.1) is 0 Å². The van der Waals surface area contributed by atoms with Crippen molar-refractivity contribution in [1.29, 1.82) is 0 Å². The number of likely N-dealkylation sites (tertiary alicyclic amines) is 1. The molecule has 2 aliphatic rings. The molecule has 124 valence electrons. The first-order chi connectivity index (χ1) is 11.0. The fraction of sp³-hybridized carbons (Fsp3) is 0.556. The molecule has 1 amide bonds. The van der Waals surface area contributed by atoms with E-state index in [0.717, 1.165) is 5.69 Å². The summed E-state index contributed by atoms with van der Waals surface area (Å²) in [6, 6.07) is 1.82. The molecule has 0 unspecified atom stereocenters. The number of carbonyl (C=O) groups is 2. The number of aromatic amines is 1. The Bertz CT molecular complexity index is 634. The molecule has 1 fully saturated rings. The Morgan fingerprint density at radius 3 is 2.78 bits per heavy atom. The van der Waals surface area contributed by atoms with Crippen LogP contribution in [0.3, 0.4) is 0 Å². The van der Waals surface area contributed by atoms with Crippen LogP contribution >= 0.6 is 0 Å². The van der Waals surface area contributed by atoms with Crippen molar-refractivity contribution in [2.24, 2.45) is 23.7 Å². The van der Waals surface area contributed by atoms with Crippen LogP contribution < -0.4 is 0 Å². The molecule has 1 aliphatic heterocycles. The van der Waals surface area contributed by atoms with Crippen molar-refractivity contribution in [2.45, 2.75) is 20.8 Å². The lowest BCUT2D eigenvalue weighted by Gasteiger charge is -2.31. The number of fused-ring (bicyclic) bond motifs is 1. The highest BCUT2D eigenvalue weighted by Gasteiger charge is 2.46. The van der Waals surface area contributed by atoms with E-state index >= 15 is 0 Å². The van der Waals surface area contributed by atoms with Gasteiger partial charge in [-0.3, -0.25) is 9.59 Å².